The summed E-state index contributed by atoms with van der Waals surface area (Å²) < 4.78 is 0. The van der Waals surface area contributed by atoms with Crippen LogP contribution in [-0.2, 0) is 9.59 Å². The maximum atomic E-state index is 12.8. The molecule has 0 radical (unpaired) electrons. The van der Waals surface area contributed by atoms with Gasteiger partial charge in [-0.15, -0.1) is 0 Å². The summed E-state index contributed by atoms with van der Waals surface area (Å²) in [5.74, 6) is -0.497. The van der Waals surface area contributed by atoms with Crippen molar-refractivity contribution in [2.75, 3.05) is 19.6 Å². The van der Waals surface area contributed by atoms with Crippen molar-refractivity contribution >= 4 is 40.6 Å². The summed E-state index contributed by atoms with van der Waals surface area (Å²) in [6.07, 6.45) is 3.21. The highest BCUT2D eigenvalue weighted by Gasteiger charge is 2.41. The molecule has 3 rings (SSSR count). The maximum absolute atomic E-state index is 12.8. The summed E-state index contributed by atoms with van der Waals surface area (Å²) in [4.78, 5) is 28.8. The number of hydrogen-bond acceptors (Lipinski definition) is 3. The van der Waals surface area contributed by atoms with Crippen molar-refractivity contribution in [3.63, 3.8) is 0 Å². The largest absolute Gasteiger partial charge is 0.366 e. The quantitative estimate of drug-likeness (QED) is 0.780. The Labute approximate surface area is 145 Å². The van der Waals surface area contributed by atoms with E-state index in [0.717, 1.165) is 32.4 Å². The molecule has 1 aromatic rings. The molecule has 0 unspecified atom stereocenters. The van der Waals surface area contributed by atoms with Crippen molar-refractivity contribution in [1.82, 2.24) is 9.80 Å². The molecule has 0 N–H and O–H groups in total. The highest BCUT2D eigenvalue weighted by Crippen LogP contribution is 2.36. The highest BCUT2D eigenvalue weighted by molar-refractivity contribution is 6.41. The van der Waals surface area contributed by atoms with Crippen LogP contribution in [0.25, 0.3) is 5.57 Å². The third-order valence-corrected chi connectivity index (χ3v) is 4.88. The first-order valence-electron chi connectivity index (χ1n) is 7.85. The van der Waals surface area contributed by atoms with Crippen molar-refractivity contribution in [3.05, 3.63) is 39.5 Å². The van der Waals surface area contributed by atoms with Crippen LogP contribution in [0.15, 0.2) is 23.9 Å². The van der Waals surface area contributed by atoms with Gasteiger partial charge in [-0.05, 0) is 38.3 Å². The summed E-state index contributed by atoms with van der Waals surface area (Å²) in [6.45, 7) is 3.74. The predicted molar refractivity (Wildman–Crippen MR) is 91.2 cm³/mol. The lowest BCUT2D eigenvalue weighted by Crippen LogP contribution is -2.37. The Morgan fingerprint density at radius 3 is 2.35 bits per heavy atom. The van der Waals surface area contributed by atoms with Crippen molar-refractivity contribution in [3.8, 4) is 0 Å². The van der Waals surface area contributed by atoms with Gasteiger partial charge in [0.2, 0.25) is 0 Å². The van der Waals surface area contributed by atoms with Crippen molar-refractivity contribution in [2.24, 2.45) is 0 Å². The Balaban J connectivity index is 2.14. The van der Waals surface area contributed by atoms with Crippen LogP contribution in [0.2, 0.25) is 10.0 Å². The third kappa shape index (κ3) is 2.86. The highest BCUT2D eigenvalue weighted by atomic mass is 35.5. The SMILES string of the molecule is CCN1C(=O)C(c2ccc(Cl)cc2Cl)=C(N2CCCCC2)C1=O. The monoisotopic (exact) mass is 352 g/mol. The Kier molecular flexibility index (Phi) is 4.64. The number of halogens is 2. The summed E-state index contributed by atoms with van der Waals surface area (Å²) in [6, 6.07) is 5.01. The van der Waals surface area contributed by atoms with Gasteiger partial charge in [0.05, 0.1) is 10.6 Å². The topological polar surface area (TPSA) is 40.6 Å². The van der Waals surface area contributed by atoms with Crippen molar-refractivity contribution in [1.29, 1.82) is 0 Å². The van der Waals surface area contributed by atoms with Crippen LogP contribution in [-0.4, -0.2) is 41.2 Å². The molecule has 0 aromatic heterocycles. The molecular formula is C17H18Cl2N2O2. The van der Waals surface area contributed by atoms with Gasteiger partial charge in [0, 0.05) is 30.2 Å². The van der Waals surface area contributed by atoms with E-state index in [2.05, 4.69) is 0 Å². The number of likely N-dealkylation sites (tertiary alicyclic amines) is 1. The molecule has 6 heteroatoms. The molecule has 122 valence electrons. The number of nitrogens with zero attached hydrogens (tertiary/aromatic N) is 2. The van der Waals surface area contributed by atoms with E-state index in [1.807, 2.05) is 4.90 Å². The lowest BCUT2D eigenvalue weighted by atomic mass is 10.0. The second-order valence-electron chi connectivity index (χ2n) is 5.75. The minimum Gasteiger partial charge on any atom is -0.366 e. The molecule has 1 aromatic carbocycles. The fraction of sp³-hybridized carbons (Fsp3) is 0.412. The number of benzene rings is 1. The lowest BCUT2D eigenvalue weighted by molar-refractivity contribution is -0.137. The smallest absolute Gasteiger partial charge is 0.277 e. The zero-order chi connectivity index (χ0) is 16.6. The number of likely N-dealkylation sites (N-methyl/N-ethyl adjacent to an activating group) is 1. The molecule has 0 atom stereocenters. The average Bonchev–Trinajstić information content (AvgIpc) is 2.79. The van der Waals surface area contributed by atoms with Gasteiger partial charge in [-0.25, -0.2) is 0 Å². The number of imide groups is 1. The lowest BCUT2D eigenvalue weighted by Gasteiger charge is -2.29. The van der Waals surface area contributed by atoms with Gasteiger partial charge < -0.3 is 4.90 Å². The van der Waals surface area contributed by atoms with Crippen LogP contribution in [0, 0.1) is 0 Å². The molecule has 0 bridgehead atoms. The number of amides is 2. The van der Waals surface area contributed by atoms with E-state index in [-0.39, 0.29) is 11.8 Å². The molecule has 2 heterocycles. The molecule has 2 aliphatic heterocycles. The second kappa shape index (κ2) is 6.54. The van der Waals surface area contributed by atoms with Gasteiger partial charge in [-0.1, -0.05) is 29.3 Å². The number of piperidine rings is 1. The van der Waals surface area contributed by atoms with Crippen LogP contribution in [0.3, 0.4) is 0 Å². The number of rotatable bonds is 3. The molecule has 4 nitrogen and oxygen atoms in total. The normalized spacial score (nSPS) is 19.1. The van der Waals surface area contributed by atoms with Gasteiger partial charge in [0.25, 0.3) is 11.8 Å². The van der Waals surface area contributed by atoms with E-state index < -0.39 is 0 Å². The first-order valence-corrected chi connectivity index (χ1v) is 8.61. The van der Waals surface area contributed by atoms with Gasteiger partial charge in [-0.2, -0.15) is 0 Å². The molecule has 2 amide bonds. The summed E-state index contributed by atoms with van der Waals surface area (Å²) in [5.41, 5.74) is 1.46. The predicted octanol–water partition coefficient (Wildman–Crippen LogP) is 3.58. The van der Waals surface area contributed by atoms with Gasteiger partial charge >= 0.3 is 0 Å². The zero-order valence-electron chi connectivity index (χ0n) is 12.9. The van der Waals surface area contributed by atoms with Crippen LogP contribution in [0.5, 0.6) is 0 Å². The van der Waals surface area contributed by atoms with E-state index in [4.69, 9.17) is 23.2 Å². The molecule has 23 heavy (non-hydrogen) atoms. The molecule has 2 aliphatic rings. The molecule has 1 fully saturated rings. The van der Waals surface area contributed by atoms with Crippen LogP contribution in [0.1, 0.15) is 31.7 Å². The van der Waals surface area contributed by atoms with Crippen LogP contribution in [0.4, 0.5) is 0 Å². The Morgan fingerprint density at radius 1 is 1.04 bits per heavy atom. The van der Waals surface area contributed by atoms with E-state index in [9.17, 15) is 9.59 Å². The molecule has 1 saturated heterocycles. The fourth-order valence-corrected chi connectivity index (χ4v) is 3.70. The Hall–Kier alpha value is -1.52. The molecule has 0 saturated carbocycles. The second-order valence-corrected chi connectivity index (χ2v) is 6.59. The van der Waals surface area contributed by atoms with Crippen LogP contribution >= 0.6 is 23.2 Å². The standard InChI is InChI=1S/C17H18Cl2N2O2/c1-2-21-16(22)14(12-7-6-11(18)10-13(12)19)15(17(21)23)20-8-4-3-5-9-20/h6-7,10H,2-5,8-9H2,1H3. The zero-order valence-corrected chi connectivity index (χ0v) is 14.5. The van der Waals surface area contributed by atoms with Gasteiger partial charge in [-0.3, -0.25) is 14.5 Å². The third-order valence-electron chi connectivity index (χ3n) is 4.33. The Bertz CT molecular complexity index is 694. The molecule has 0 spiro atoms. The number of carbonyl (C=O) groups excluding carboxylic acids is 2. The minimum atomic E-state index is -0.276. The number of hydrogen-bond donors (Lipinski definition) is 0. The minimum absolute atomic E-state index is 0.222. The van der Waals surface area contributed by atoms with E-state index in [1.165, 1.54) is 4.90 Å². The number of carbonyl (C=O) groups is 2. The Morgan fingerprint density at radius 2 is 1.74 bits per heavy atom. The summed E-state index contributed by atoms with van der Waals surface area (Å²) >= 11 is 12.3. The molecule has 0 aliphatic carbocycles. The van der Waals surface area contributed by atoms with Crippen molar-refractivity contribution < 1.29 is 9.59 Å². The molecular weight excluding hydrogens is 335 g/mol. The van der Waals surface area contributed by atoms with Crippen LogP contribution < -0.4 is 0 Å². The van der Waals surface area contributed by atoms with E-state index >= 15 is 0 Å². The summed E-state index contributed by atoms with van der Waals surface area (Å²) in [7, 11) is 0. The van der Waals surface area contributed by atoms with E-state index in [0.29, 0.717) is 33.4 Å². The summed E-state index contributed by atoms with van der Waals surface area (Å²) in [5, 5.41) is 0.893. The van der Waals surface area contributed by atoms with E-state index in [1.54, 1.807) is 25.1 Å². The first kappa shape index (κ1) is 16.3. The fourth-order valence-electron chi connectivity index (χ4n) is 3.20. The maximum Gasteiger partial charge on any atom is 0.277 e. The van der Waals surface area contributed by atoms with Gasteiger partial charge in [0.15, 0.2) is 0 Å². The van der Waals surface area contributed by atoms with Gasteiger partial charge in [0.1, 0.15) is 5.70 Å². The van der Waals surface area contributed by atoms with Crippen molar-refractivity contribution in [2.45, 2.75) is 26.2 Å². The average molecular weight is 353 g/mol. The first-order chi connectivity index (χ1) is 11.0.